The van der Waals surface area contributed by atoms with Crippen molar-refractivity contribution in [3.05, 3.63) is 42.5 Å². The van der Waals surface area contributed by atoms with E-state index in [1.807, 2.05) is 25.1 Å². The van der Waals surface area contributed by atoms with Crippen LogP contribution in [0.15, 0.2) is 36.9 Å². The number of aliphatic hydroxyl groups excluding tert-OH is 1. The van der Waals surface area contributed by atoms with E-state index in [1.54, 1.807) is 12.4 Å². The maximum atomic E-state index is 11.6. The van der Waals surface area contributed by atoms with Gasteiger partial charge in [-0.3, -0.25) is 9.48 Å². The summed E-state index contributed by atoms with van der Waals surface area (Å²) in [5.74, 6) is 0.481. The van der Waals surface area contributed by atoms with E-state index in [2.05, 4.69) is 25.7 Å². The molecule has 24 heavy (non-hydrogen) atoms. The summed E-state index contributed by atoms with van der Waals surface area (Å²) in [5, 5.41) is 19.5. The van der Waals surface area contributed by atoms with E-state index < -0.39 is 0 Å². The molecule has 0 unspecified atom stereocenters. The standard InChI is InChI=1S/C16H18N6O2/c1-11-2-3-14-13(6-11)16(19-10-18-14)21-12-7-20-22(8-12)9-15(24)17-4-5-23/h2-3,6-8,10,23H,4-5,9H2,1H3,(H,17,24)(H,18,19,21). The Morgan fingerprint density at radius 3 is 3.04 bits per heavy atom. The Hall–Kier alpha value is -3.00. The van der Waals surface area contributed by atoms with Crippen molar-refractivity contribution in [3.63, 3.8) is 0 Å². The Morgan fingerprint density at radius 1 is 1.33 bits per heavy atom. The summed E-state index contributed by atoms with van der Waals surface area (Å²) in [6.45, 7) is 2.25. The highest BCUT2D eigenvalue weighted by Gasteiger charge is 2.07. The molecule has 0 aliphatic heterocycles. The Kier molecular flexibility index (Phi) is 4.66. The number of nitrogens with zero attached hydrogens (tertiary/aromatic N) is 4. The van der Waals surface area contributed by atoms with Crippen LogP contribution < -0.4 is 10.6 Å². The minimum atomic E-state index is -0.207. The third kappa shape index (κ3) is 3.66. The second-order valence-electron chi connectivity index (χ2n) is 5.37. The van der Waals surface area contributed by atoms with Crippen LogP contribution in [0.5, 0.6) is 0 Å². The molecule has 3 aromatic rings. The molecule has 0 saturated heterocycles. The number of benzene rings is 1. The summed E-state index contributed by atoms with van der Waals surface area (Å²) >= 11 is 0. The fraction of sp³-hybridized carbons (Fsp3) is 0.250. The first-order chi connectivity index (χ1) is 11.7. The predicted molar refractivity (Wildman–Crippen MR) is 89.9 cm³/mol. The number of nitrogens with one attached hydrogen (secondary N) is 2. The fourth-order valence-electron chi connectivity index (χ4n) is 2.32. The van der Waals surface area contributed by atoms with Crippen molar-refractivity contribution in [2.45, 2.75) is 13.5 Å². The monoisotopic (exact) mass is 326 g/mol. The molecule has 0 saturated carbocycles. The van der Waals surface area contributed by atoms with Gasteiger partial charge >= 0.3 is 0 Å². The molecule has 0 atom stereocenters. The number of amides is 1. The number of hydrogen-bond donors (Lipinski definition) is 3. The predicted octanol–water partition coefficient (Wildman–Crippen LogP) is 0.987. The van der Waals surface area contributed by atoms with E-state index in [4.69, 9.17) is 5.11 Å². The van der Waals surface area contributed by atoms with E-state index in [1.165, 1.54) is 11.0 Å². The Morgan fingerprint density at radius 2 is 2.21 bits per heavy atom. The lowest BCUT2D eigenvalue weighted by molar-refractivity contribution is -0.122. The first kappa shape index (κ1) is 15.9. The van der Waals surface area contributed by atoms with Crippen molar-refractivity contribution in [2.75, 3.05) is 18.5 Å². The summed E-state index contributed by atoms with van der Waals surface area (Å²) in [6, 6.07) is 5.97. The lowest BCUT2D eigenvalue weighted by Gasteiger charge is -2.07. The van der Waals surface area contributed by atoms with Gasteiger partial charge in [0.25, 0.3) is 0 Å². The normalized spacial score (nSPS) is 10.8. The zero-order valence-corrected chi connectivity index (χ0v) is 13.2. The molecule has 0 aliphatic rings. The third-order valence-electron chi connectivity index (χ3n) is 3.43. The highest BCUT2D eigenvalue weighted by Crippen LogP contribution is 2.23. The maximum absolute atomic E-state index is 11.6. The van der Waals surface area contributed by atoms with Crippen molar-refractivity contribution in [2.24, 2.45) is 0 Å². The Balaban J connectivity index is 1.75. The molecule has 8 heteroatoms. The van der Waals surface area contributed by atoms with Crippen LogP contribution >= 0.6 is 0 Å². The van der Waals surface area contributed by atoms with Gasteiger partial charge in [0.2, 0.25) is 5.91 Å². The van der Waals surface area contributed by atoms with Crippen LogP contribution in [-0.4, -0.2) is 43.9 Å². The third-order valence-corrected chi connectivity index (χ3v) is 3.43. The Labute approximate surface area is 138 Å². The van der Waals surface area contributed by atoms with Gasteiger partial charge in [-0.05, 0) is 19.1 Å². The van der Waals surface area contributed by atoms with Gasteiger partial charge in [0.1, 0.15) is 18.7 Å². The van der Waals surface area contributed by atoms with Gasteiger partial charge in [-0.2, -0.15) is 5.10 Å². The molecule has 0 spiro atoms. The minimum absolute atomic E-state index is 0.0855. The first-order valence-electron chi connectivity index (χ1n) is 7.54. The minimum Gasteiger partial charge on any atom is -0.395 e. The molecule has 0 aliphatic carbocycles. The molecular weight excluding hydrogens is 308 g/mol. The number of rotatable bonds is 6. The number of aliphatic hydroxyl groups is 1. The molecule has 0 bridgehead atoms. The quantitative estimate of drug-likeness (QED) is 0.624. The maximum Gasteiger partial charge on any atom is 0.241 e. The van der Waals surface area contributed by atoms with Crippen molar-refractivity contribution in [1.82, 2.24) is 25.1 Å². The molecule has 2 heterocycles. The van der Waals surface area contributed by atoms with Crippen LogP contribution in [0.2, 0.25) is 0 Å². The molecule has 124 valence electrons. The topological polar surface area (TPSA) is 105 Å². The van der Waals surface area contributed by atoms with Crippen LogP contribution in [0.25, 0.3) is 10.9 Å². The van der Waals surface area contributed by atoms with Gasteiger partial charge < -0.3 is 15.7 Å². The number of aryl methyl sites for hydroxylation is 1. The van der Waals surface area contributed by atoms with Crippen LogP contribution in [0.3, 0.4) is 0 Å². The van der Waals surface area contributed by atoms with Gasteiger partial charge in [-0.25, -0.2) is 9.97 Å². The SMILES string of the molecule is Cc1ccc2ncnc(Nc3cnn(CC(=O)NCCO)c3)c2c1. The van der Waals surface area contributed by atoms with Gasteiger partial charge in [0.15, 0.2) is 0 Å². The zero-order valence-electron chi connectivity index (χ0n) is 13.2. The van der Waals surface area contributed by atoms with Crippen molar-refractivity contribution in [1.29, 1.82) is 0 Å². The van der Waals surface area contributed by atoms with E-state index >= 15 is 0 Å². The average molecular weight is 326 g/mol. The van der Waals surface area contributed by atoms with Crippen molar-refractivity contribution < 1.29 is 9.90 Å². The summed E-state index contributed by atoms with van der Waals surface area (Å²) in [4.78, 5) is 20.2. The molecule has 3 rings (SSSR count). The zero-order chi connectivity index (χ0) is 16.9. The van der Waals surface area contributed by atoms with Crippen LogP contribution in [0.1, 0.15) is 5.56 Å². The number of hydrogen-bond acceptors (Lipinski definition) is 6. The Bertz CT molecular complexity index is 861. The summed E-state index contributed by atoms with van der Waals surface area (Å²) in [6.07, 6.45) is 4.86. The van der Waals surface area contributed by atoms with E-state index in [0.29, 0.717) is 5.82 Å². The number of carbonyl (C=O) groups is 1. The first-order valence-corrected chi connectivity index (χ1v) is 7.54. The van der Waals surface area contributed by atoms with Gasteiger partial charge in [-0.1, -0.05) is 11.6 Å². The molecule has 8 nitrogen and oxygen atoms in total. The van der Waals surface area contributed by atoms with Gasteiger partial charge in [0.05, 0.1) is 24.0 Å². The smallest absolute Gasteiger partial charge is 0.241 e. The van der Waals surface area contributed by atoms with Crippen molar-refractivity contribution in [3.8, 4) is 0 Å². The lowest BCUT2D eigenvalue weighted by Crippen LogP contribution is -2.30. The average Bonchev–Trinajstić information content (AvgIpc) is 3.00. The molecule has 1 aromatic carbocycles. The van der Waals surface area contributed by atoms with Crippen molar-refractivity contribution >= 4 is 28.3 Å². The van der Waals surface area contributed by atoms with Gasteiger partial charge in [0, 0.05) is 18.1 Å². The number of carbonyl (C=O) groups excluding carboxylic acids is 1. The van der Waals surface area contributed by atoms with E-state index in [-0.39, 0.29) is 25.6 Å². The summed E-state index contributed by atoms with van der Waals surface area (Å²) < 4.78 is 1.52. The number of fused-ring (bicyclic) bond motifs is 1. The lowest BCUT2D eigenvalue weighted by atomic mass is 10.1. The second-order valence-corrected chi connectivity index (χ2v) is 5.37. The van der Waals surface area contributed by atoms with Crippen LogP contribution in [-0.2, 0) is 11.3 Å². The van der Waals surface area contributed by atoms with E-state index in [0.717, 1.165) is 22.2 Å². The van der Waals surface area contributed by atoms with Crippen LogP contribution in [0, 0.1) is 6.92 Å². The summed E-state index contributed by atoms with van der Waals surface area (Å²) in [7, 11) is 0. The number of aromatic nitrogens is 4. The summed E-state index contributed by atoms with van der Waals surface area (Å²) in [5.41, 5.74) is 2.71. The van der Waals surface area contributed by atoms with Gasteiger partial charge in [-0.15, -0.1) is 0 Å². The molecule has 0 radical (unpaired) electrons. The molecule has 0 fully saturated rings. The molecular formula is C16H18N6O2. The molecule has 2 aromatic heterocycles. The largest absolute Gasteiger partial charge is 0.395 e. The number of anilines is 2. The highest BCUT2D eigenvalue weighted by molar-refractivity contribution is 5.90. The molecule has 3 N–H and O–H groups in total. The fourth-order valence-corrected chi connectivity index (χ4v) is 2.32. The highest BCUT2D eigenvalue weighted by atomic mass is 16.3. The second kappa shape index (κ2) is 7.05. The van der Waals surface area contributed by atoms with E-state index in [9.17, 15) is 4.79 Å². The molecule has 1 amide bonds. The van der Waals surface area contributed by atoms with Crippen LogP contribution in [0.4, 0.5) is 11.5 Å².